The molecular weight excluding hydrogens is 373 g/mol. The van der Waals surface area contributed by atoms with E-state index in [2.05, 4.69) is 10.6 Å². The van der Waals surface area contributed by atoms with Gasteiger partial charge >= 0.3 is 0 Å². The molecule has 0 spiro atoms. The second-order valence-electron chi connectivity index (χ2n) is 7.18. The van der Waals surface area contributed by atoms with Crippen molar-refractivity contribution in [2.24, 2.45) is 5.92 Å². The Bertz CT molecular complexity index is 824. The third-order valence-electron chi connectivity index (χ3n) is 4.53. The highest BCUT2D eigenvalue weighted by molar-refractivity contribution is 5.94. The van der Waals surface area contributed by atoms with E-state index in [4.69, 9.17) is 4.74 Å². The minimum absolute atomic E-state index is 0.0688. The number of amides is 2. The molecule has 0 bridgehead atoms. The number of carbonyl (C=O) groups excluding carboxylic acids is 2. The molecule has 2 amide bonds. The van der Waals surface area contributed by atoms with Crippen LogP contribution < -0.4 is 15.4 Å². The maximum Gasteiger partial charge on any atom is 0.243 e. The molecule has 156 valence electrons. The van der Waals surface area contributed by atoms with Crippen LogP contribution in [0.25, 0.3) is 0 Å². The normalized spacial score (nSPS) is 11.8. The summed E-state index contributed by atoms with van der Waals surface area (Å²) in [6.07, 6.45) is 0. The Balaban J connectivity index is 1.88. The van der Waals surface area contributed by atoms with Gasteiger partial charge in [-0.2, -0.15) is 0 Å². The molecule has 0 aliphatic rings. The van der Waals surface area contributed by atoms with Crippen molar-refractivity contribution in [3.05, 3.63) is 59.9 Å². The van der Waals surface area contributed by atoms with E-state index in [1.807, 2.05) is 13.8 Å². The Kier molecular flexibility index (Phi) is 8.15. The van der Waals surface area contributed by atoms with Gasteiger partial charge in [0.2, 0.25) is 11.8 Å². The Morgan fingerprint density at radius 3 is 2.45 bits per heavy atom. The van der Waals surface area contributed by atoms with Crippen LogP contribution in [0.15, 0.2) is 48.5 Å². The zero-order valence-electron chi connectivity index (χ0n) is 17.2. The van der Waals surface area contributed by atoms with Crippen molar-refractivity contribution in [1.82, 2.24) is 10.2 Å². The fourth-order valence-electron chi connectivity index (χ4n) is 2.95. The summed E-state index contributed by atoms with van der Waals surface area (Å²) in [7, 11) is 3.13. The molecule has 2 aromatic carbocycles. The average Bonchev–Trinajstić information content (AvgIpc) is 2.69. The Morgan fingerprint density at radius 1 is 1.14 bits per heavy atom. The van der Waals surface area contributed by atoms with Crippen LogP contribution in [0.5, 0.6) is 5.75 Å². The van der Waals surface area contributed by atoms with Crippen molar-refractivity contribution in [1.29, 1.82) is 0 Å². The topological polar surface area (TPSA) is 70.7 Å². The van der Waals surface area contributed by atoms with Crippen LogP contribution in [0.4, 0.5) is 10.1 Å². The monoisotopic (exact) mass is 401 g/mol. The number of nitrogens with one attached hydrogen (secondary N) is 2. The van der Waals surface area contributed by atoms with Gasteiger partial charge in [0.15, 0.2) is 0 Å². The molecule has 2 N–H and O–H groups in total. The molecule has 6 nitrogen and oxygen atoms in total. The van der Waals surface area contributed by atoms with Gasteiger partial charge in [0, 0.05) is 24.8 Å². The number of halogens is 1. The quantitative estimate of drug-likeness (QED) is 0.677. The predicted molar refractivity (Wildman–Crippen MR) is 111 cm³/mol. The summed E-state index contributed by atoms with van der Waals surface area (Å²) < 4.78 is 18.3. The van der Waals surface area contributed by atoms with E-state index in [9.17, 15) is 14.0 Å². The average molecular weight is 401 g/mol. The first-order chi connectivity index (χ1) is 13.8. The Labute approximate surface area is 171 Å². The van der Waals surface area contributed by atoms with Crippen LogP contribution in [-0.2, 0) is 9.59 Å². The number of likely N-dealkylation sites (N-methyl/N-ethyl adjacent to an activating group) is 1. The van der Waals surface area contributed by atoms with E-state index in [1.165, 1.54) is 17.0 Å². The molecule has 0 fully saturated rings. The number of rotatable bonds is 9. The molecule has 0 heterocycles. The van der Waals surface area contributed by atoms with Crippen molar-refractivity contribution in [2.75, 3.05) is 32.6 Å². The minimum Gasteiger partial charge on any atom is -0.497 e. The summed E-state index contributed by atoms with van der Waals surface area (Å²) in [5, 5.41) is 5.96. The SMILES string of the molecule is COc1cccc(NC(=O)CN(C)C(=O)CN[C@@H](c2ccc(F)cc2)C(C)C)c1. The lowest BCUT2D eigenvalue weighted by Crippen LogP contribution is -2.41. The fraction of sp³-hybridized carbons (Fsp3) is 0.364. The van der Waals surface area contributed by atoms with Gasteiger partial charge in [0.05, 0.1) is 20.2 Å². The molecule has 29 heavy (non-hydrogen) atoms. The van der Waals surface area contributed by atoms with Crippen LogP contribution in [0, 0.1) is 11.7 Å². The third kappa shape index (κ3) is 6.87. The van der Waals surface area contributed by atoms with Gasteiger partial charge in [-0.15, -0.1) is 0 Å². The zero-order chi connectivity index (χ0) is 21.4. The Hall–Kier alpha value is -2.93. The number of nitrogens with zero attached hydrogens (tertiary/aromatic N) is 1. The lowest BCUT2D eigenvalue weighted by Gasteiger charge is -2.24. The molecule has 1 atom stereocenters. The molecule has 0 aromatic heterocycles. The van der Waals surface area contributed by atoms with Gasteiger partial charge < -0.3 is 20.3 Å². The number of anilines is 1. The summed E-state index contributed by atoms with van der Waals surface area (Å²) in [4.78, 5) is 26.0. The van der Waals surface area contributed by atoms with Gasteiger partial charge in [0.1, 0.15) is 11.6 Å². The fourth-order valence-corrected chi connectivity index (χ4v) is 2.95. The van der Waals surface area contributed by atoms with Crippen molar-refractivity contribution in [3.8, 4) is 5.75 Å². The smallest absolute Gasteiger partial charge is 0.243 e. The molecule has 0 aliphatic carbocycles. The summed E-state index contributed by atoms with van der Waals surface area (Å²) in [5.74, 6) is 0.0348. The molecule has 2 rings (SSSR count). The van der Waals surface area contributed by atoms with E-state index in [0.717, 1.165) is 5.56 Å². The second kappa shape index (κ2) is 10.6. The molecule has 0 saturated carbocycles. The highest BCUT2D eigenvalue weighted by Gasteiger charge is 2.19. The molecule has 7 heteroatoms. The molecule has 0 aliphatic heterocycles. The van der Waals surface area contributed by atoms with Crippen LogP contribution in [0.2, 0.25) is 0 Å². The number of benzene rings is 2. The van der Waals surface area contributed by atoms with Crippen molar-refractivity contribution >= 4 is 17.5 Å². The zero-order valence-corrected chi connectivity index (χ0v) is 17.2. The summed E-state index contributed by atoms with van der Waals surface area (Å²) in [5.41, 5.74) is 1.51. The van der Waals surface area contributed by atoms with Crippen molar-refractivity contribution in [2.45, 2.75) is 19.9 Å². The second-order valence-corrected chi connectivity index (χ2v) is 7.18. The van der Waals surface area contributed by atoms with Crippen molar-refractivity contribution in [3.63, 3.8) is 0 Å². The van der Waals surface area contributed by atoms with E-state index in [1.54, 1.807) is 50.6 Å². The third-order valence-corrected chi connectivity index (χ3v) is 4.53. The van der Waals surface area contributed by atoms with E-state index in [-0.39, 0.29) is 42.7 Å². The highest BCUT2D eigenvalue weighted by Crippen LogP contribution is 2.21. The van der Waals surface area contributed by atoms with Crippen LogP contribution in [0.3, 0.4) is 0 Å². The van der Waals surface area contributed by atoms with Crippen molar-refractivity contribution < 1.29 is 18.7 Å². The Morgan fingerprint density at radius 2 is 1.83 bits per heavy atom. The highest BCUT2D eigenvalue weighted by atomic mass is 19.1. The van der Waals surface area contributed by atoms with Crippen LogP contribution >= 0.6 is 0 Å². The van der Waals surface area contributed by atoms with Crippen LogP contribution in [-0.4, -0.2) is 44.0 Å². The van der Waals surface area contributed by atoms with E-state index < -0.39 is 0 Å². The van der Waals surface area contributed by atoms with Gasteiger partial charge in [-0.1, -0.05) is 32.0 Å². The van der Waals surface area contributed by atoms with Gasteiger partial charge in [-0.25, -0.2) is 4.39 Å². The maximum atomic E-state index is 13.2. The lowest BCUT2D eigenvalue weighted by molar-refractivity contribution is -0.132. The van der Waals surface area contributed by atoms with Crippen LogP contribution in [0.1, 0.15) is 25.5 Å². The van der Waals surface area contributed by atoms with E-state index >= 15 is 0 Å². The number of ether oxygens (including phenoxy) is 1. The number of hydrogen-bond acceptors (Lipinski definition) is 4. The van der Waals surface area contributed by atoms with Gasteiger partial charge in [-0.3, -0.25) is 9.59 Å². The minimum atomic E-state index is -0.298. The molecule has 0 unspecified atom stereocenters. The summed E-state index contributed by atoms with van der Waals surface area (Å²) in [6.45, 7) is 4.05. The van der Waals surface area contributed by atoms with Gasteiger partial charge in [0.25, 0.3) is 0 Å². The maximum absolute atomic E-state index is 13.2. The number of carbonyl (C=O) groups is 2. The lowest BCUT2D eigenvalue weighted by atomic mass is 9.96. The summed E-state index contributed by atoms with van der Waals surface area (Å²) >= 11 is 0. The molecule has 0 saturated heterocycles. The standard InChI is InChI=1S/C22H28FN3O3/c1-15(2)22(16-8-10-17(23)11-9-16)24-13-21(28)26(3)14-20(27)25-18-6-5-7-19(12-18)29-4/h5-12,15,22,24H,13-14H2,1-4H3,(H,25,27)/t22-/m1/s1. The molecular formula is C22H28FN3O3. The first kappa shape index (κ1) is 22.4. The number of hydrogen-bond donors (Lipinski definition) is 2. The summed E-state index contributed by atoms with van der Waals surface area (Å²) in [6, 6.07) is 13.1. The molecule has 2 aromatic rings. The predicted octanol–water partition coefficient (Wildman–Crippen LogP) is 3.22. The molecule has 0 radical (unpaired) electrons. The first-order valence-corrected chi connectivity index (χ1v) is 9.47. The van der Waals surface area contributed by atoms with E-state index in [0.29, 0.717) is 11.4 Å². The number of methoxy groups -OCH3 is 1. The first-order valence-electron chi connectivity index (χ1n) is 9.47. The van der Waals surface area contributed by atoms with Gasteiger partial charge in [-0.05, 0) is 35.7 Å². The largest absolute Gasteiger partial charge is 0.497 e.